The van der Waals surface area contributed by atoms with Crippen molar-refractivity contribution in [3.05, 3.63) is 35.4 Å². The van der Waals surface area contributed by atoms with Crippen LogP contribution in [0.1, 0.15) is 114 Å². The number of aliphatic hydroxyl groups is 1. The average Bonchev–Trinajstić information content (AvgIpc) is 2.74. The Kier molecular flexibility index (Phi) is 16.3. The highest BCUT2D eigenvalue weighted by Crippen LogP contribution is 2.14. The molecule has 1 amide bonds. The summed E-state index contributed by atoms with van der Waals surface area (Å²) in [4.78, 5) is 12.0. The molecule has 30 heavy (non-hydrogen) atoms. The van der Waals surface area contributed by atoms with Crippen LogP contribution in [0.15, 0.2) is 24.3 Å². The molecule has 1 rings (SSSR count). The van der Waals surface area contributed by atoms with E-state index in [1.165, 1.54) is 70.6 Å². The molecule has 0 spiro atoms. The summed E-state index contributed by atoms with van der Waals surface area (Å²) in [6, 6.07) is 8.02. The highest BCUT2D eigenvalue weighted by Gasteiger charge is 2.04. The van der Waals surface area contributed by atoms with Gasteiger partial charge in [-0.05, 0) is 30.9 Å². The lowest BCUT2D eigenvalue weighted by Crippen LogP contribution is -2.23. The lowest BCUT2D eigenvalue weighted by atomic mass is 10.0. The molecule has 0 aromatic heterocycles. The fraction of sp³-hybridized carbons (Fsp3) is 0.731. The van der Waals surface area contributed by atoms with Gasteiger partial charge < -0.3 is 16.2 Å². The van der Waals surface area contributed by atoms with E-state index in [9.17, 15) is 9.90 Å². The third-order valence-electron chi connectivity index (χ3n) is 5.84. The van der Waals surface area contributed by atoms with Crippen molar-refractivity contribution in [3.8, 4) is 0 Å². The highest BCUT2D eigenvalue weighted by atomic mass is 16.3. The van der Waals surface area contributed by atoms with Crippen molar-refractivity contribution in [2.75, 3.05) is 0 Å². The summed E-state index contributed by atoms with van der Waals surface area (Å²) in [7, 11) is 0. The molecule has 0 fully saturated rings. The normalized spacial score (nSPS) is 12.1. The van der Waals surface area contributed by atoms with Gasteiger partial charge in [-0.15, -0.1) is 0 Å². The molecular formula is C26H46N2O2. The van der Waals surface area contributed by atoms with Crippen LogP contribution in [0.4, 0.5) is 0 Å². The van der Waals surface area contributed by atoms with E-state index in [0.29, 0.717) is 19.5 Å². The van der Waals surface area contributed by atoms with Crippen LogP contribution in [0.2, 0.25) is 0 Å². The number of hydrogen-bond acceptors (Lipinski definition) is 3. The lowest BCUT2D eigenvalue weighted by Gasteiger charge is -2.09. The topological polar surface area (TPSA) is 75.3 Å². The van der Waals surface area contributed by atoms with E-state index in [0.717, 1.165) is 30.4 Å². The predicted molar refractivity (Wildman–Crippen MR) is 127 cm³/mol. The molecule has 1 atom stereocenters. The maximum absolute atomic E-state index is 12.0. The van der Waals surface area contributed by atoms with Gasteiger partial charge in [0.2, 0.25) is 5.91 Å². The van der Waals surface area contributed by atoms with Gasteiger partial charge in [-0.25, -0.2) is 0 Å². The first-order chi connectivity index (χ1) is 14.6. The molecule has 0 aliphatic carbocycles. The zero-order valence-electron chi connectivity index (χ0n) is 19.3. The van der Waals surface area contributed by atoms with Gasteiger partial charge in [0.25, 0.3) is 0 Å². The molecule has 0 heterocycles. The minimum atomic E-state index is -0.133. The number of benzene rings is 1. The summed E-state index contributed by atoms with van der Waals surface area (Å²) < 4.78 is 0. The van der Waals surface area contributed by atoms with Gasteiger partial charge >= 0.3 is 0 Å². The third-order valence-corrected chi connectivity index (χ3v) is 5.84. The second-order valence-corrected chi connectivity index (χ2v) is 8.73. The molecule has 4 N–H and O–H groups in total. The smallest absolute Gasteiger partial charge is 0.220 e. The molecule has 0 aliphatic rings. The Morgan fingerprint density at radius 1 is 0.833 bits per heavy atom. The molecule has 0 radical (unpaired) electrons. The van der Waals surface area contributed by atoms with Gasteiger partial charge in [0.15, 0.2) is 0 Å². The largest absolute Gasteiger partial charge is 0.393 e. The van der Waals surface area contributed by atoms with Crippen molar-refractivity contribution in [1.82, 2.24) is 5.32 Å². The van der Waals surface area contributed by atoms with Crippen LogP contribution in [-0.4, -0.2) is 17.1 Å². The summed E-state index contributed by atoms with van der Waals surface area (Å²) in [6.07, 6.45) is 18.0. The Hall–Kier alpha value is -1.39. The molecule has 1 aromatic rings. The van der Waals surface area contributed by atoms with Crippen molar-refractivity contribution in [2.45, 2.75) is 122 Å². The average molecular weight is 419 g/mol. The first-order valence-electron chi connectivity index (χ1n) is 12.3. The van der Waals surface area contributed by atoms with E-state index < -0.39 is 0 Å². The molecule has 4 heteroatoms. The Balaban J connectivity index is 1.84. The van der Waals surface area contributed by atoms with E-state index in [1.54, 1.807) is 0 Å². The lowest BCUT2D eigenvalue weighted by molar-refractivity contribution is -0.121. The maximum atomic E-state index is 12.0. The van der Waals surface area contributed by atoms with Gasteiger partial charge in [-0.2, -0.15) is 0 Å². The van der Waals surface area contributed by atoms with Crippen LogP contribution >= 0.6 is 0 Å². The molecule has 4 nitrogen and oxygen atoms in total. The van der Waals surface area contributed by atoms with Gasteiger partial charge in [0, 0.05) is 19.5 Å². The van der Waals surface area contributed by atoms with Crippen molar-refractivity contribution in [2.24, 2.45) is 5.73 Å². The zero-order chi connectivity index (χ0) is 21.9. The highest BCUT2D eigenvalue weighted by molar-refractivity contribution is 5.75. The minimum absolute atomic E-state index is 0.133. The first-order valence-corrected chi connectivity index (χ1v) is 12.3. The van der Waals surface area contributed by atoms with Gasteiger partial charge in [0.05, 0.1) is 6.10 Å². The second kappa shape index (κ2) is 18.4. The number of hydrogen-bond donors (Lipinski definition) is 3. The number of nitrogens with one attached hydrogen (secondary N) is 1. The number of carbonyl (C=O) groups excluding carboxylic acids is 1. The summed E-state index contributed by atoms with van der Waals surface area (Å²) in [5, 5.41) is 12.2. The third kappa shape index (κ3) is 14.6. The van der Waals surface area contributed by atoms with Gasteiger partial charge in [-0.1, -0.05) is 101 Å². The summed E-state index contributed by atoms with van der Waals surface area (Å²) in [6.45, 7) is 2.97. The van der Waals surface area contributed by atoms with Crippen LogP contribution in [-0.2, 0) is 17.9 Å². The number of carbonyl (C=O) groups is 1. The molecule has 1 aromatic carbocycles. The van der Waals surface area contributed by atoms with E-state index in [1.807, 2.05) is 31.2 Å². The quantitative estimate of drug-likeness (QED) is 0.241. The Bertz CT molecular complexity index is 546. The fourth-order valence-electron chi connectivity index (χ4n) is 3.88. The zero-order valence-corrected chi connectivity index (χ0v) is 19.3. The minimum Gasteiger partial charge on any atom is -0.393 e. The fourth-order valence-corrected chi connectivity index (χ4v) is 3.88. The number of nitrogens with two attached hydrogens (primary N) is 1. The van der Waals surface area contributed by atoms with E-state index >= 15 is 0 Å². The number of amides is 1. The summed E-state index contributed by atoms with van der Waals surface area (Å²) >= 11 is 0. The van der Waals surface area contributed by atoms with E-state index in [4.69, 9.17) is 5.73 Å². The van der Waals surface area contributed by atoms with Crippen molar-refractivity contribution >= 4 is 5.91 Å². The number of unbranched alkanes of at least 4 members (excludes halogenated alkanes) is 12. The number of rotatable bonds is 19. The SMILES string of the molecule is CC(O)CCCCCCCCCCCCCCCC(=O)NCc1ccccc1CN. The van der Waals surface area contributed by atoms with Crippen molar-refractivity contribution < 1.29 is 9.90 Å². The summed E-state index contributed by atoms with van der Waals surface area (Å²) in [5.74, 6) is 0.146. The van der Waals surface area contributed by atoms with Crippen molar-refractivity contribution in [3.63, 3.8) is 0 Å². The first kappa shape index (κ1) is 26.6. The summed E-state index contributed by atoms with van der Waals surface area (Å²) in [5.41, 5.74) is 7.96. The maximum Gasteiger partial charge on any atom is 0.220 e. The van der Waals surface area contributed by atoms with E-state index in [-0.39, 0.29) is 12.0 Å². The van der Waals surface area contributed by atoms with Crippen LogP contribution in [0.5, 0.6) is 0 Å². The molecule has 0 aliphatic heterocycles. The van der Waals surface area contributed by atoms with Gasteiger partial charge in [0.1, 0.15) is 0 Å². The Labute approximate surface area is 185 Å². The standard InChI is InChI=1S/C26H46N2O2/c1-23(29)17-13-11-9-7-5-3-2-4-6-8-10-12-14-20-26(30)28-22-25-19-16-15-18-24(25)21-27/h15-16,18-19,23,29H,2-14,17,20-22,27H2,1H3,(H,28,30). The molecule has 0 bridgehead atoms. The molecular weight excluding hydrogens is 372 g/mol. The van der Waals surface area contributed by atoms with E-state index in [2.05, 4.69) is 5.32 Å². The second-order valence-electron chi connectivity index (χ2n) is 8.73. The predicted octanol–water partition coefficient (Wildman–Crippen LogP) is 5.99. The van der Waals surface area contributed by atoms with Crippen LogP contribution in [0, 0.1) is 0 Å². The van der Waals surface area contributed by atoms with Gasteiger partial charge in [-0.3, -0.25) is 4.79 Å². The van der Waals surface area contributed by atoms with Crippen LogP contribution in [0.25, 0.3) is 0 Å². The van der Waals surface area contributed by atoms with Crippen molar-refractivity contribution in [1.29, 1.82) is 0 Å². The number of aliphatic hydroxyl groups excluding tert-OH is 1. The van der Waals surface area contributed by atoms with Crippen LogP contribution in [0.3, 0.4) is 0 Å². The Morgan fingerprint density at radius 2 is 1.30 bits per heavy atom. The molecule has 1 unspecified atom stereocenters. The molecule has 172 valence electrons. The Morgan fingerprint density at radius 3 is 1.80 bits per heavy atom. The monoisotopic (exact) mass is 418 g/mol. The van der Waals surface area contributed by atoms with Crippen LogP contribution < -0.4 is 11.1 Å². The molecule has 0 saturated carbocycles. The molecule has 0 saturated heterocycles.